The molecule has 0 unspecified atom stereocenters. The molecule has 0 bridgehead atoms. The molecule has 0 spiro atoms. The van der Waals surface area contributed by atoms with Gasteiger partial charge in [0.15, 0.2) is 0 Å². The van der Waals surface area contributed by atoms with E-state index in [1.54, 1.807) is 54.6 Å². The molecule has 0 saturated heterocycles. The number of para-hydroxylation sites is 1. The van der Waals surface area contributed by atoms with Crippen molar-refractivity contribution in [1.82, 2.24) is 0 Å². The molecule has 0 saturated carbocycles. The Hall–Kier alpha value is -3.62. The summed E-state index contributed by atoms with van der Waals surface area (Å²) in [5.74, 6) is -0.781. The summed E-state index contributed by atoms with van der Waals surface area (Å²) in [6.07, 6.45) is 1.48. The fraction of sp³-hybridized carbons (Fsp3) is 0.0833. The van der Waals surface area contributed by atoms with Gasteiger partial charge in [0.05, 0.1) is 27.7 Å². The van der Waals surface area contributed by atoms with Crippen LogP contribution in [-0.4, -0.2) is 26.8 Å². The molecule has 170 valence electrons. The first-order valence-electron chi connectivity index (χ1n) is 9.89. The molecule has 0 aliphatic carbocycles. The smallest absolute Gasteiger partial charge is 0.264 e. The van der Waals surface area contributed by atoms with E-state index in [0.29, 0.717) is 17.1 Å². The highest BCUT2D eigenvalue weighted by Crippen LogP contribution is 2.27. The molecule has 2 amide bonds. The summed E-state index contributed by atoms with van der Waals surface area (Å²) in [4.78, 5) is 23.9. The van der Waals surface area contributed by atoms with Crippen molar-refractivity contribution < 1.29 is 18.0 Å². The lowest BCUT2D eigenvalue weighted by Crippen LogP contribution is -2.31. The number of carbonyl (C=O) groups is 2. The highest BCUT2D eigenvalue weighted by Gasteiger charge is 2.26. The predicted octanol–water partition coefficient (Wildman–Crippen LogP) is 4.93. The van der Waals surface area contributed by atoms with E-state index in [4.69, 9.17) is 11.6 Å². The molecule has 0 atom stereocenters. The third-order valence-corrected chi connectivity index (χ3v) is 6.69. The van der Waals surface area contributed by atoms with Gasteiger partial charge in [0.25, 0.3) is 15.9 Å². The third-order valence-electron chi connectivity index (χ3n) is 4.57. The molecule has 0 aliphatic heterocycles. The monoisotopic (exact) mass is 483 g/mol. The Morgan fingerprint density at radius 1 is 0.970 bits per heavy atom. The SMILES string of the molecule is C=CCN(c1ccccc1)S(=O)(=O)c1ccc(Cl)c(C(=O)Nc2ccc(NC(C)=O)cc2)c1. The number of sulfonamides is 1. The second-order valence-corrected chi connectivity index (χ2v) is 9.28. The van der Waals surface area contributed by atoms with Crippen molar-refractivity contribution in [2.45, 2.75) is 11.8 Å². The zero-order valence-electron chi connectivity index (χ0n) is 17.8. The van der Waals surface area contributed by atoms with Crippen LogP contribution < -0.4 is 14.9 Å². The number of benzene rings is 3. The van der Waals surface area contributed by atoms with Gasteiger partial charge in [-0.15, -0.1) is 6.58 Å². The summed E-state index contributed by atoms with van der Waals surface area (Å²) < 4.78 is 27.9. The van der Waals surface area contributed by atoms with E-state index < -0.39 is 15.9 Å². The van der Waals surface area contributed by atoms with E-state index in [9.17, 15) is 18.0 Å². The molecular formula is C24H22ClN3O4S. The maximum atomic E-state index is 13.4. The van der Waals surface area contributed by atoms with Gasteiger partial charge < -0.3 is 10.6 Å². The molecule has 0 aliphatic rings. The average molecular weight is 484 g/mol. The first-order valence-corrected chi connectivity index (χ1v) is 11.7. The molecule has 33 heavy (non-hydrogen) atoms. The first-order chi connectivity index (χ1) is 15.7. The summed E-state index contributed by atoms with van der Waals surface area (Å²) in [6, 6.07) is 19.1. The largest absolute Gasteiger partial charge is 0.326 e. The zero-order chi connectivity index (χ0) is 24.0. The summed E-state index contributed by atoms with van der Waals surface area (Å²) in [5.41, 5.74) is 1.51. The number of carbonyl (C=O) groups excluding carboxylic acids is 2. The number of anilines is 3. The fourth-order valence-electron chi connectivity index (χ4n) is 3.06. The Morgan fingerprint density at radius 2 is 1.58 bits per heavy atom. The van der Waals surface area contributed by atoms with E-state index in [1.807, 2.05) is 0 Å². The van der Waals surface area contributed by atoms with Crippen molar-refractivity contribution in [2.75, 3.05) is 21.5 Å². The normalized spacial score (nSPS) is 10.8. The summed E-state index contributed by atoms with van der Waals surface area (Å²) in [5, 5.41) is 5.42. The van der Waals surface area contributed by atoms with Gasteiger partial charge in [-0.3, -0.25) is 13.9 Å². The molecule has 7 nitrogen and oxygen atoms in total. The lowest BCUT2D eigenvalue weighted by atomic mass is 10.2. The van der Waals surface area contributed by atoms with Gasteiger partial charge in [0.1, 0.15) is 0 Å². The summed E-state index contributed by atoms with van der Waals surface area (Å²) in [6.45, 7) is 5.10. The highest BCUT2D eigenvalue weighted by atomic mass is 35.5. The number of nitrogens with one attached hydrogen (secondary N) is 2. The van der Waals surface area contributed by atoms with E-state index in [2.05, 4.69) is 17.2 Å². The topological polar surface area (TPSA) is 95.6 Å². The predicted molar refractivity (Wildman–Crippen MR) is 131 cm³/mol. The van der Waals surface area contributed by atoms with E-state index in [0.717, 1.165) is 0 Å². The number of halogens is 1. The number of amides is 2. The lowest BCUT2D eigenvalue weighted by molar-refractivity contribution is -0.114. The number of nitrogens with zero attached hydrogens (tertiary/aromatic N) is 1. The molecule has 0 fully saturated rings. The number of hydrogen-bond donors (Lipinski definition) is 2. The van der Waals surface area contributed by atoms with Gasteiger partial charge in [-0.2, -0.15) is 0 Å². The molecule has 3 rings (SSSR count). The van der Waals surface area contributed by atoms with Crippen LogP contribution in [0, 0.1) is 0 Å². The third kappa shape index (κ3) is 5.79. The van der Waals surface area contributed by atoms with Gasteiger partial charge >= 0.3 is 0 Å². The molecule has 0 heterocycles. The Morgan fingerprint density at radius 3 is 2.15 bits per heavy atom. The second-order valence-electron chi connectivity index (χ2n) is 7.01. The quantitative estimate of drug-likeness (QED) is 0.444. The molecule has 3 aromatic carbocycles. The van der Waals surface area contributed by atoms with Crippen molar-refractivity contribution in [3.63, 3.8) is 0 Å². The molecular weight excluding hydrogens is 462 g/mol. The number of rotatable bonds is 8. The summed E-state index contributed by atoms with van der Waals surface area (Å²) >= 11 is 6.21. The van der Waals surface area contributed by atoms with Crippen LogP contribution in [0.4, 0.5) is 17.1 Å². The van der Waals surface area contributed by atoms with Crippen LogP contribution in [-0.2, 0) is 14.8 Å². The number of hydrogen-bond acceptors (Lipinski definition) is 4. The Labute approximate surface area is 197 Å². The van der Waals surface area contributed by atoms with E-state index in [1.165, 1.54) is 35.5 Å². The van der Waals surface area contributed by atoms with Gasteiger partial charge in [0, 0.05) is 18.3 Å². The minimum Gasteiger partial charge on any atom is -0.326 e. The van der Waals surface area contributed by atoms with Gasteiger partial charge in [0.2, 0.25) is 5.91 Å². The van der Waals surface area contributed by atoms with Crippen molar-refractivity contribution in [3.8, 4) is 0 Å². The lowest BCUT2D eigenvalue weighted by Gasteiger charge is -2.23. The second kappa shape index (κ2) is 10.3. The minimum atomic E-state index is -4.00. The van der Waals surface area contributed by atoms with Crippen LogP contribution in [0.5, 0.6) is 0 Å². The first kappa shape index (κ1) is 24.0. The maximum absolute atomic E-state index is 13.4. The Kier molecular flexibility index (Phi) is 7.52. The molecule has 0 radical (unpaired) electrons. The van der Waals surface area contributed by atoms with Gasteiger partial charge in [-0.05, 0) is 54.6 Å². The van der Waals surface area contributed by atoms with E-state index >= 15 is 0 Å². The van der Waals surface area contributed by atoms with Crippen LogP contribution in [0.2, 0.25) is 5.02 Å². The molecule has 9 heteroatoms. The van der Waals surface area contributed by atoms with Crippen LogP contribution in [0.15, 0.2) is 90.3 Å². The average Bonchev–Trinajstić information content (AvgIpc) is 2.79. The standard InChI is InChI=1S/C24H22ClN3O4S/c1-3-15-28(20-7-5-4-6-8-20)33(31,32)21-13-14-23(25)22(16-21)24(30)27-19-11-9-18(10-12-19)26-17(2)29/h3-14,16H,1,15H2,2H3,(H,26,29)(H,27,30). The van der Waals surface area contributed by atoms with Gasteiger partial charge in [-0.1, -0.05) is 35.9 Å². The molecule has 3 aromatic rings. The van der Waals surface area contributed by atoms with Crippen LogP contribution in [0.3, 0.4) is 0 Å². The van der Waals surface area contributed by atoms with Crippen LogP contribution in [0.25, 0.3) is 0 Å². The van der Waals surface area contributed by atoms with Crippen molar-refractivity contribution in [1.29, 1.82) is 0 Å². The summed E-state index contributed by atoms with van der Waals surface area (Å²) in [7, 11) is -4.00. The molecule has 2 N–H and O–H groups in total. The van der Waals surface area contributed by atoms with Crippen molar-refractivity contribution in [3.05, 3.63) is 96.0 Å². The Bertz CT molecular complexity index is 1280. The van der Waals surface area contributed by atoms with Crippen LogP contribution in [0.1, 0.15) is 17.3 Å². The Balaban J connectivity index is 1.90. The van der Waals surface area contributed by atoms with Crippen molar-refractivity contribution >= 4 is 50.5 Å². The van der Waals surface area contributed by atoms with E-state index in [-0.39, 0.29) is 27.9 Å². The fourth-order valence-corrected chi connectivity index (χ4v) is 4.72. The maximum Gasteiger partial charge on any atom is 0.264 e. The zero-order valence-corrected chi connectivity index (χ0v) is 19.4. The molecule has 0 aromatic heterocycles. The van der Waals surface area contributed by atoms with Gasteiger partial charge in [-0.25, -0.2) is 8.42 Å². The minimum absolute atomic E-state index is 0.00953. The highest BCUT2D eigenvalue weighted by molar-refractivity contribution is 7.92. The van der Waals surface area contributed by atoms with Crippen LogP contribution >= 0.6 is 11.6 Å². The van der Waals surface area contributed by atoms with Crippen molar-refractivity contribution in [2.24, 2.45) is 0 Å².